The average molecular weight is 242 g/mol. The van der Waals surface area contributed by atoms with Crippen LogP contribution in [-0.4, -0.2) is 49.8 Å². The molecule has 1 saturated carbocycles. The van der Waals surface area contributed by atoms with Gasteiger partial charge in [0.2, 0.25) is 0 Å². The maximum absolute atomic E-state index is 5.46. The van der Waals surface area contributed by atoms with Crippen LogP contribution in [0, 0.1) is 5.92 Å². The number of nitrogens with one attached hydrogen (secondary N) is 1. The van der Waals surface area contributed by atoms with Gasteiger partial charge >= 0.3 is 0 Å². The number of likely N-dealkylation sites (N-methyl/N-ethyl adjacent to an activating group) is 1. The summed E-state index contributed by atoms with van der Waals surface area (Å²) in [7, 11) is 0. The summed E-state index contributed by atoms with van der Waals surface area (Å²) in [5, 5.41) is 3.57. The van der Waals surface area contributed by atoms with Gasteiger partial charge in [0.15, 0.2) is 0 Å². The lowest BCUT2D eigenvalue weighted by Crippen LogP contribution is -2.52. The fraction of sp³-hybridized carbons (Fsp3) is 1.00. The van der Waals surface area contributed by atoms with Gasteiger partial charge in [-0.2, -0.15) is 0 Å². The average Bonchev–Trinajstić information content (AvgIpc) is 2.26. The molecule has 102 valence electrons. The molecule has 0 aromatic rings. The lowest BCUT2D eigenvalue weighted by molar-refractivity contribution is 0.0351. The largest absolute Gasteiger partial charge is 0.380 e. The quantitative estimate of drug-likeness (QED) is 0.627. The van der Waals surface area contributed by atoms with Crippen LogP contribution in [0.5, 0.6) is 0 Å². The predicted octanol–water partition coefficient (Wildman–Crippen LogP) is 2.12. The second kappa shape index (κ2) is 8.06. The van der Waals surface area contributed by atoms with Crippen LogP contribution >= 0.6 is 0 Å². The molecule has 2 unspecified atom stereocenters. The Kier molecular flexibility index (Phi) is 7.09. The number of rotatable bonds is 9. The molecule has 0 aromatic carbocycles. The first-order chi connectivity index (χ1) is 8.19. The van der Waals surface area contributed by atoms with Gasteiger partial charge in [0, 0.05) is 25.2 Å². The first kappa shape index (κ1) is 14.9. The molecule has 1 N–H and O–H groups in total. The maximum atomic E-state index is 5.46. The summed E-state index contributed by atoms with van der Waals surface area (Å²) in [6.45, 7) is 13.9. The molecule has 0 heterocycles. The van der Waals surface area contributed by atoms with Gasteiger partial charge in [-0.3, -0.25) is 4.90 Å². The zero-order valence-electron chi connectivity index (χ0n) is 12.0. The second-order valence-corrected chi connectivity index (χ2v) is 5.29. The highest BCUT2D eigenvalue weighted by atomic mass is 16.5. The van der Waals surface area contributed by atoms with Crippen molar-refractivity contribution in [2.45, 2.75) is 52.6 Å². The molecule has 0 amide bonds. The Labute approximate surface area is 107 Å². The van der Waals surface area contributed by atoms with E-state index in [0.717, 1.165) is 38.3 Å². The fourth-order valence-corrected chi connectivity index (χ4v) is 2.54. The molecule has 0 bridgehead atoms. The molecule has 17 heavy (non-hydrogen) atoms. The van der Waals surface area contributed by atoms with Crippen molar-refractivity contribution in [1.29, 1.82) is 0 Å². The molecule has 2 atom stereocenters. The van der Waals surface area contributed by atoms with E-state index in [-0.39, 0.29) is 0 Å². The van der Waals surface area contributed by atoms with E-state index in [9.17, 15) is 0 Å². The summed E-state index contributed by atoms with van der Waals surface area (Å²) in [4.78, 5) is 2.59. The highest BCUT2D eigenvalue weighted by Crippen LogP contribution is 2.31. The third kappa shape index (κ3) is 4.94. The van der Waals surface area contributed by atoms with E-state index in [4.69, 9.17) is 4.74 Å². The van der Waals surface area contributed by atoms with Crippen LogP contribution in [0.2, 0.25) is 0 Å². The zero-order valence-corrected chi connectivity index (χ0v) is 12.0. The third-order valence-corrected chi connectivity index (χ3v) is 3.77. The van der Waals surface area contributed by atoms with Crippen molar-refractivity contribution in [2.75, 3.05) is 32.8 Å². The zero-order chi connectivity index (χ0) is 12.7. The molecular formula is C14H30N2O. The molecule has 0 spiro atoms. The highest BCUT2D eigenvalue weighted by molar-refractivity contribution is 4.90. The van der Waals surface area contributed by atoms with E-state index >= 15 is 0 Å². The van der Waals surface area contributed by atoms with Crippen LogP contribution in [0.3, 0.4) is 0 Å². The fourth-order valence-electron chi connectivity index (χ4n) is 2.54. The van der Waals surface area contributed by atoms with Crippen LogP contribution in [0.15, 0.2) is 0 Å². The van der Waals surface area contributed by atoms with Crippen LogP contribution in [-0.2, 0) is 4.74 Å². The minimum absolute atomic E-state index is 0.606. The van der Waals surface area contributed by atoms with Gasteiger partial charge in [-0.15, -0.1) is 0 Å². The Bertz CT molecular complexity index is 197. The number of ether oxygens (including phenoxy) is 1. The summed E-state index contributed by atoms with van der Waals surface area (Å²) in [5.41, 5.74) is 0. The lowest BCUT2D eigenvalue weighted by atomic mass is 9.78. The van der Waals surface area contributed by atoms with Gasteiger partial charge in [-0.05, 0) is 38.8 Å². The topological polar surface area (TPSA) is 24.5 Å². The van der Waals surface area contributed by atoms with Gasteiger partial charge in [-0.1, -0.05) is 20.8 Å². The second-order valence-electron chi connectivity index (χ2n) is 5.29. The van der Waals surface area contributed by atoms with Crippen LogP contribution < -0.4 is 5.32 Å². The Balaban J connectivity index is 2.25. The minimum atomic E-state index is 0.606. The Morgan fingerprint density at radius 2 is 2.06 bits per heavy atom. The molecule has 3 heteroatoms. The van der Waals surface area contributed by atoms with Crippen LogP contribution in [0.25, 0.3) is 0 Å². The van der Waals surface area contributed by atoms with Gasteiger partial charge in [0.05, 0.1) is 6.61 Å². The van der Waals surface area contributed by atoms with Crippen LogP contribution in [0.1, 0.15) is 40.5 Å². The van der Waals surface area contributed by atoms with Crippen molar-refractivity contribution in [3.05, 3.63) is 0 Å². The third-order valence-electron chi connectivity index (χ3n) is 3.77. The standard InChI is InChI=1S/C14H30N2O/c1-5-16(9-10-17-6-2)14-8-7-13(14)11-15-12(3)4/h12-15H,5-11H2,1-4H3. The van der Waals surface area contributed by atoms with Gasteiger partial charge in [-0.25, -0.2) is 0 Å². The summed E-state index contributed by atoms with van der Waals surface area (Å²) < 4.78 is 5.46. The Morgan fingerprint density at radius 1 is 1.29 bits per heavy atom. The van der Waals surface area contributed by atoms with Crippen molar-refractivity contribution >= 4 is 0 Å². The van der Waals surface area contributed by atoms with Crippen molar-refractivity contribution in [3.63, 3.8) is 0 Å². The molecular weight excluding hydrogens is 212 g/mol. The van der Waals surface area contributed by atoms with Gasteiger partial charge in [0.1, 0.15) is 0 Å². The number of hydrogen-bond donors (Lipinski definition) is 1. The summed E-state index contributed by atoms with van der Waals surface area (Å²) in [6, 6.07) is 1.39. The molecule has 0 saturated heterocycles. The summed E-state index contributed by atoms with van der Waals surface area (Å²) >= 11 is 0. The highest BCUT2D eigenvalue weighted by Gasteiger charge is 2.34. The molecule has 1 aliphatic rings. The van der Waals surface area contributed by atoms with E-state index in [1.807, 2.05) is 0 Å². The van der Waals surface area contributed by atoms with E-state index < -0.39 is 0 Å². The minimum Gasteiger partial charge on any atom is -0.380 e. The van der Waals surface area contributed by atoms with Crippen molar-refractivity contribution in [1.82, 2.24) is 10.2 Å². The van der Waals surface area contributed by atoms with Gasteiger partial charge in [0.25, 0.3) is 0 Å². The molecule has 0 radical (unpaired) electrons. The summed E-state index contributed by atoms with van der Waals surface area (Å²) in [6.07, 6.45) is 2.75. The molecule has 0 aromatic heterocycles. The number of hydrogen-bond acceptors (Lipinski definition) is 3. The molecule has 3 nitrogen and oxygen atoms in total. The number of nitrogens with zero attached hydrogens (tertiary/aromatic N) is 1. The molecule has 0 aliphatic heterocycles. The Hall–Kier alpha value is -0.120. The normalized spacial score (nSPS) is 24.4. The lowest BCUT2D eigenvalue weighted by Gasteiger charge is -2.44. The van der Waals surface area contributed by atoms with E-state index in [0.29, 0.717) is 6.04 Å². The molecule has 1 aliphatic carbocycles. The first-order valence-corrected chi connectivity index (χ1v) is 7.24. The Morgan fingerprint density at radius 3 is 2.53 bits per heavy atom. The first-order valence-electron chi connectivity index (χ1n) is 7.24. The maximum Gasteiger partial charge on any atom is 0.0593 e. The molecule has 1 rings (SSSR count). The summed E-state index contributed by atoms with van der Waals surface area (Å²) in [5.74, 6) is 0.846. The van der Waals surface area contributed by atoms with Crippen LogP contribution in [0.4, 0.5) is 0 Å². The predicted molar refractivity (Wildman–Crippen MR) is 73.4 cm³/mol. The van der Waals surface area contributed by atoms with E-state index in [1.165, 1.54) is 19.4 Å². The van der Waals surface area contributed by atoms with E-state index in [2.05, 4.69) is 37.9 Å². The SMILES string of the molecule is CCOCCN(CC)C1CCC1CNC(C)C. The molecule has 1 fully saturated rings. The smallest absolute Gasteiger partial charge is 0.0593 e. The van der Waals surface area contributed by atoms with E-state index in [1.54, 1.807) is 0 Å². The van der Waals surface area contributed by atoms with Crippen molar-refractivity contribution in [2.24, 2.45) is 5.92 Å². The monoisotopic (exact) mass is 242 g/mol. The van der Waals surface area contributed by atoms with Crippen molar-refractivity contribution < 1.29 is 4.74 Å². The van der Waals surface area contributed by atoms with Crippen molar-refractivity contribution in [3.8, 4) is 0 Å². The van der Waals surface area contributed by atoms with Gasteiger partial charge < -0.3 is 10.1 Å².